The number of hydrogen-bond acceptors (Lipinski definition) is 5. The van der Waals surface area contributed by atoms with Gasteiger partial charge >= 0.3 is 0 Å². The molecule has 0 spiro atoms. The lowest BCUT2D eigenvalue weighted by atomic mass is 9.98. The second-order valence-electron chi connectivity index (χ2n) is 10.9. The molecule has 2 aromatic carbocycles. The van der Waals surface area contributed by atoms with E-state index < -0.39 is 5.54 Å². The van der Waals surface area contributed by atoms with Crippen LogP contribution in [0.5, 0.6) is 0 Å². The Bertz CT molecular complexity index is 1200. The van der Waals surface area contributed by atoms with Crippen LogP contribution in [0.1, 0.15) is 37.0 Å². The first-order valence-electron chi connectivity index (χ1n) is 13.5. The summed E-state index contributed by atoms with van der Waals surface area (Å²) in [6.07, 6.45) is 1.89. The minimum atomic E-state index is -0.827. The third kappa shape index (κ3) is 5.79. The Balaban J connectivity index is 1.27. The molecule has 7 heteroatoms. The van der Waals surface area contributed by atoms with Crippen molar-refractivity contribution in [1.82, 2.24) is 19.7 Å². The van der Waals surface area contributed by atoms with Gasteiger partial charge in [-0.3, -0.25) is 14.5 Å². The quantitative estimate of drug-likeness (QED) is 0.562. The van der Waals surface area contributed by atoms with Crippen LogP contribution in [0.3, 0.4) is 0 Å². The maximum absolute atomic E-state index is 13.7. The zero-order valence-electron chi connectivity index (χ0n) is 22.3. The van der Waals surface area contributed by atoms with Crippen LogP contribution in [0.25, 0.3) is 22.5 Å². The lowest BCUT2D eigenvalue weighted by Gasteiger charge is -2.43. The summed E-state index contributed by atoms with van der Waals surface area (Å²) in [5.41, 5.74) is 9.45. The fraction of sp³-hybridized carbons (Fsp3) is 0.387. The maximum Gasteiger partial charge on any atom is 0.254 e. The number of carbonyl (C=O) groups excluding carboxylic acids is 2. The Morgan fingerprint density at radius 2 is 1.26 bits per heavy atom. The molecule has 0 radical (unpaired) electrons. The van der Waals surface area contributed by atoms with Crippen molar-refractivity contribution in [3.8, 4) is 22.5 Å². The lowest BCUT2D eigenvalue weighted by Crippen LogP contribution is -2.57. The number of piperazine rings is 1. The first-order valence-corrected chi connectivity index (χ1v) is 13.5. The number of likely N-dealkylation sites (tertiary alicyclic amines) is 1. The van der Waals surface area contributed by atoms with Crippen LogP contribution in [0, 0.1) is 0 Å². The van der Waals surface area contributed by atoms with Gasteiger partial charge in [0.1, 0.15) is 0 Å². The van der Waals surface area contributed by atoms with E-state index in [1.54, 1.807) is 13.8 Å². The molecular weight excluding hydrogens is 474 g/mol. The average molecular weight is 512 g/mol. The average Bonchev–Trinajstić information content (AvgIpc) is 2.97. The maximum atomic E-state index is 13.7. The van der Waals surface area contributed by atoms with Gasteiger partial charge in [0, 0.05) is 62.0 Å². The lowest BCUT2D eigenvalue weighted by molar-refractivity contribution is -0.137. The van der Waals surface area contributed by atoms with Gasteiger partial charge < -0.3 is 15.5 Å². The molecule has 2 aliphatic heterocycles. The highest BCUT2D eigenvalue weighted by Gasteiger charge is 2.34. The molecule has 3 aromatic rings. The summed E-state index contributed by atoms with van der Waals surface area (Å²) in [4.78, 5) is 37.4. The van der Waals surface area contributed by atoms with Gasteiger partial charge in [0.25, 0.3) is 5.91 Å². The second kappa shape index (κ2) is 11.1. The molecule has 2 aliphatic rings. The number of rotatable bonds is 5. The molecular formula is C31H37N5O2. The number of piperidine rings is 1. The molecule has 198 valence electrons. The fourth-order valence-corrected chi connectivity index (χ4v) is 5.48. The van der Waals surface area contributed by atoms with Crippen molar-refractivity contribution in [3.63, 3.8) is 0 Å². The van der Waals surface area contributed by atoms with Gasteiger partial charge in [-0.05, 0) is 38.8 Å². The largest absolute Gasteiger partial charge is 0.341 e. The van der Waals surface area contributed by atoms with E-state index in [4.69, 9.17) is 10.7 Å². The minimum Gasteiger partial charge on any atom is -0.341 e. The Morgan fingerprint density at radius 3 is 1.74 bits per heavy atom. The van der Waals surface area contributed by atoms with E-state index in [1.165, 1.54) is 0 Å². The molecule has 3 heterocycles. The van der Waals surface area contributed by atoms with E-state index in [2.05, 4.69) is 4.90 Å². The molecule has 7 nitrogen and oxygen atoms in total. The third-order valence-corrected chi connectivity index (χ3v) is 7.63. The second-order valence-corrected chi connectivity index (χ2v) is 10.9. The number of nitrogens with two attached hydrogens (primary N) is 1. The summed E-state index contributed by atoms with van der Waals surface area (Å²) in [7, 11) is 0. The molecule has 38 heavy (non-hydrogen) atoms. The monoisotopic (exact) mass is 511 g/mol. The zero-order chi connectivity index (χ0) is 26.7. The van der Waals surface area contributed by atoms with Crippen LogP contribution in [-0.2, 0) is 4.79 Å². The van der Waals surface area contributed by atoms with Crippen molar-refractivity contribution in [2.45, 2.75) is 38.3 Å². The summed E-state index contributed by atoms with van der Waals surface area (Å²) >= 11 is 0. The smallest absolute Gasteiger partial charge is 0.254 e. The predicted octanol–water partition coefficient (Wildman–Crippen LogP) is 3.90. The molecule has 2 amide bonds. The van der Waals surface area contributed by atoms with E-state index in [0.717, 1.165) is 61.5 Å². The highest BCUT2D eigenvalue weighted by Crippen LogP contribution is 2.26. The van der Waals surface area contributed by atoms with Crippen molar-refractivity contribution < 1.29 is 9.59 Å². The number of nitrogens with zero attached hydrogens (tertiary/aromatic N) is 4. The number of amides is 2. The number of pyridine rings is 1. The van der Waals surface area contributed by atoms with Crippen LogP contribution in [-0.4, -0.2) is 82.3 Å². The normalized spacial score (nSPS) is 17.4. The third-order valence-electron chi connectivity index (χ3n) is 7.63. The van der Waals surface area contributed by atoms with E-state index in [1.807, 2.05) is 82.6 Å². The molecule has 2 saturated heterocycles. The van der Waals surface area contributed by atoms with E-state index in [9.17, 15) is 9.59 Å². The van der Waals surface area contributed by atoms with Gasteiger partial charge in [-0.15, -0.1) is 0 Å². The van der Waals surface area contributed by atoms with E-state index in [-0.39, 0.29) is 11.8 Å². The van der Waals surface area contributed by atoms with Crippen molar-refractivity contribution in [2.75, 3.05) is 39.3 Å². The topological polar surface area (TPSA) is 82.8 Å². The molecule has 1 aromatic heterocycles. The zero-order valence-corrected chi connectivity index (χ0v) is 22.3. The van der Waals surface area contributed by atoms with Crippen LogP contribution in [0.15, 0.2) is 72.8 Å². The molecule has 0 atom stereocenters. The molecule has 0 saturated carbocycles. The summed E-state index contributed by atoms with van der Waals surface area (Å²) in [6.45, 7) is 8.09. The first-order chi connectivity index (χ1) is 18.3. The summed E-state index contributed by atoms with van der Waals surface area (Å²) in [5.74, 6) is 0.0699. The number of hydrogen-bond donors (Lipinski definition) is 1. The Morgan fingerprint density at radius 1 is 0.763 bits per heavy atom. The van der Waals surface area contributed by atoms with Gasteiger partial charge in [-0.25, -0.2) is 4.98 Å². The highest BCUT2D eigenvalue weighted by molar-refractivity contribution is 5.96. The van der Waals surface area contributed by atoms with Gasteiger partial charge in [0.05, 0.1) is 16.9 Å². The van der Waals surface area contributed by atoms with Gasteiger partial charge in [0.2, 0.25) is 5.91 Å². The van der Waals surface area contributed by atoms with Gasteiger partial charge in [-0.1, -0.05) is 60.7 Å². The summed E-state index contributed by atoms with van der Waals surface area (Å²) in [6, 6.07) is 24.3. The van der Waals surface area contributed by atoms with Crippen molar-refractivity contribution >= 4 is 11.8 Å². The molecule has 0 aliphatic carbocycles. The first kappa shape index (κ1) is 26.1. The van der Waals surface area contributed by atoms with Crippen LogP contribution < -0.4 is 5.73 Å². The minimum absolute atomic E-state index is 0.0217. The van der Waals surface area contributed by atoms with Crippen LogP contribution in [0.2, 0.25) is 0 Å². The Labute approximate surface area is 225 Å². The number of aromatic nitrogens is 1. The SMILES string of the molecule is CC(C)(N)C(=O)N1CCC(N2CCN(C(=O)c3cc(-c4ccccc4)nc(-c4ccccc4)c3)CC2)CC1. The van der Waals surface area contributed by atoms with E-state index in [0.29, 0.717) is 24.7 Å². The Hall–Kier alpha value is -3.55. The molecule has 5 rings (SSSR count). The standard InChI is InChI=1S/C31H37N5O2/c1-31(2,32)30(38)36-15-13-26(14-16-36)34-17-19-35(20-18-34)29(37)25-21-27(23-9-5-3-6-10-23)33-28(22-25)24-11-7-4-8-12-24/h3-12,21-22,26H,13-20,32H2,1-2H3. The number of carbonyl (C=O) groups is 2. The molecule has 2 N–H and O–H groups in total. The van der Waals surface area contributed by atoms with Crippen molar-refractivity contribution in [1.29, 1.82) is 0 Å². The predicted molar refractivity (Wildman–Crippen MR) is 150 cm³/mol. The molecule has 0 bridgehead atoms. The van der Waals surface area contributed by atoms with E-state index >= 15 is 0 Å². The summed E-state index contributed by atoms with van der Waals surface area (Å²) in [5, 5.41) is 0. The number of benzene rings is 2. The van der Waals surface area contributed by atoms with Crippen molar-refractivity contribution in [2.24, 2.45) is 5.73 Å². The fourth-order valence-electron chi connectivity index (χ4n) is 5.48. The Kier molecular flexibility index (Phi) is 7.58. The summed E-state index contributed by atoms with van der Waals surface area (Å²) < 4.78 is 0. The molecule has 0 unspecified atom stereocenters. The van der Waals surface area contributed by atoms with Gasteiger partial charge in [-0.2, -0.15) is 0 Å². The van der Waals surface area contributed by atoms with Gasteiger partial charge in [0.15, 0.2) is 0 Å². The highest BCUT2D eigenvalue weighted by atomic mass is 16.2. The van der Waals surface area contributed by atoms with Crippen LogP contribution >= 0.6 is 0 Å². The molecule has 2 fully saturated rings. The van der Waals surface area contributed by atoms with Crippen LogP contribution in [0.4, 0.5) is 0 Å². The van der Waals surface area contributed by atoms with Crippen molar-refractivity contribution in [3.05, 3.63) is 78.4 Å².